The molecule has 0 aromatic carbocycles. The van der Waals surface area contributed by atoms with Crippen LogP contribution in [0.25, 0.3) is 0 Å². The first kappa shape index (κ1) is 12.0. The van der Waals surface area contributed by atoms with E-state index < -0.39 is 5.41 Å². The van der Waals surface area contributed by atoms with Crippen LogP contribution >= 0.6 is 12.2 Å². The van der Waals surface area contributed by atoms with E-state index in [2.05, 4.69) is 15.2 Å². The van der Waals surface area contributed by atoms with E-state index in [9.17, 15) is 4.79 Å². The minimum atomic E-state index is -0.621. The van der Waals surface area contributed by atoms with Gasteiger partial charge in [-0.25, -0.2) is 4.98 Å². The van der Waals surface area contributed by atoms with Crippen molar-refractivity contribution in [1.29, 1.82) is 0 Å². The van der Waals surface area contributed by atoms with Crippen LogP contribution in [0.5, 0.6) is 0 Å². The minimum Gasteiger partial charge on any atom is -0.392 e. The summed E-state index contributed by atoms with van der Waals surface area (Å²) in [6.45, 7) is 0.392. The molecule has 0 spiro atoms. The summed E-state index contributed by atoms with van der Waals surface area (Å²) in [7, 11) is 1.73. The SMILES string of the molecule is CN(Cc1ncn[nH]1)C(=O)C1(C(N)=S)CCC1. The average molecular weight is 253 g/mol. The van der Waals surface area contributed by atoms with Crippen molar-refractivity contribution in [3.63, 3.8) is 0 Å². The molecule has 0 radical (unpaired) electrons. The molecule has 92 valence electrons. The van der Waals surface area contributed by atoms with Crippen LogP contribution in [-0.4, -0.2) is 38.0 Å². The van der Waals surface area contributed by atoms with Crippen LogP contribution in [0, 0.1) is 5.41 Å². The summed E-state index contributed by atoms with van der Waals surface area (Å²) >= 11 is 5.02. The molecule has 1 aliphatic rings. The third-order valence-corrected chi connectivity index (χ3v) is 3.68. The fourth-order valence-corrected chi connectivity index (χ4v) is 2.36. The van der Waals surface area contributed by atoms with Gasteiger partial charge in [-0.1, -0.05) is 18.6 Å². The monoisotopic (exact) mass is 253 g/mol. The molecule has 0 bridgehead atoms. The van der Waals surface area contributed by atoms with Crippen LogP contribution in [0.1, 0.15) is 25.1 Å². The van der Waals surface area contributed by atoms with E-state index in [1.807, 2.05) is 0 Å². The lowest BCUT2D eigenvalue weighted by molar-refractivity contribution is -0.141. The van der Waals surface area contributed by atoms with Gasteiger partial charge in [-0.3, -0.25) is 9.89 Å². The van der Waals surface area contributed by atoms with Crippen LogP contribution in [0.4, 0.5) is 0 Å². The fraction of sp³-hybridized carbons (Fsp3) is 0.600. The maximum atomic E-state index is 12.3. The zero-order chi connectivity index (χ0) is 12.5. The van der Waals surface area contributed by atoms with Crippen LogP contribution in [0.2, 0.25) is 0 Å². The van der Waals surface area contributed by atoms with Crippen LogP contribution in [0.3, 0.4) is 0 Å². The average Bonchev–Trinajstić information content (AvgIpc) is 2.67. The molecule has 0 saturated heterocycles. The standard InChI is InChI=1S/C10H15N5OS/c1-15(5-7-12-6-13-14-7)9(16)10(8(11)17)3-2-4-10/h6H,2-5H2,1H3,(H2,11,17)(H,12,13,14). The number of nitrogens with one attached hydrogen (secondary N) is 1. The molecule has 3 N–H and O–H groups in total. The van der Waals surface area contributed by atoms with Gasteiger partial charge in [0.2, 0.25) is 5.91 Å². The predicted molar refractivity (Wildman–Crippen MR) is 65.9 cm³/mol. The second-order valence-electron chi connectivity index (χ2n) is 4.39. The topological polar surface area (TPSA) is 87.9 Å². The number of carbonyl (C=O) groups is 1. The quantitative estimate of drug-likeness (QED) is 0.749. The second-order valence-corrected chi connectivity index (χ2v) is 4.83. The number of aromatic nitrogens is 3. The van der Waals surface area contributed by atoms with Crippen LogP contribution < -0.4 is 5.73 Å². The Bertz CT molecular complexity index is 426. The van der Waals surface area contributed by atoms with Gasteiger partial charge in [0.25, 0.3) is 0 Å². The molecular weight excluding hydrogens is 238 g/mol. The number of thiocarbonyl (C=S) groups is 1. The Morgan fingerprint density at radius 1 is 1.71 bits per heavy atom. The molecule has 17 heavy (non-hydrogen) atoms. The van der Waals surface area contributed by atoms with Crippen molar-refractivity contribution in [1.82, 2.24) is 20.1 Å². The lowest BCUT2D eigenvalue weighted by atomic mass is 9.67. The van der Waals surface area contributed by atoms with E-state index >= 15 is 0 Å². The third-order valence-electron chi connectivity index (χ3n) is 3.29. The molecule has 0 atom stereocenters. The van der Waals surface area contributed by atoms with Crippen molar-refractivity contribution in [3.8, 4) is 0 Å². The molecule has 1 fully saturated rings. The minimum absolute atomic E-state index is 0.0207. The Balaban J connectivity index is 2.06. The zero-order valence-corrected chi connectivity index (χ0v) is 10.5. The van der Waals surface area contributed by atoms with Crippen LogP contribution in [0.15, 0.2) is 6.33 Å². The number of hydrogen-bond acceptors (Lipinski definition) is 4. The normalized spacial score (nSPS) is 17.2. The first-order chi connectivity index (χ1) is 8.06. The molecule has 1 amide bonds. The van der Waals surface area contributed by atoms with Crippen molar-refractivity contribution in [2.45, 2.75) is 25.8 Å². The number of amides is 1. The van der Waals surface area contributed by atoms with Gasteiger partial charge in [-0.15, -0.1) is 0 Å². The molecule has 7 heteroatoms. The molecule has 2 rings (SSSR count). The van der Waals surface area contributed by atoms with E-state index in [1.165, 1.54) is 6.33 Å². The van der Waals surface area contributed by atoms with Crippen LogP contribution in [-0.2, 0) is 11.3 Å². The lowest BCUT2D eigenvalue weighted by Crippen LogP contribution is -2.53. The summed E-state index contributed by atoms with van der Waals surface area (Å²) in [4.78, 5) is 18.2. The summed E-state index contributed by atoms with van der Waals surface area (Å²) in [6, 6.07) is 0. The number of aromatic amines is 1. The van der Waals surface area contributed by atoms with Gasteiger partial charge in [0.1, 0.15) is 12.2 Å². The molecule has 1 aromatic rings. The Hall–Kier alpha value is -1.50. The Kier molecular flexibility index (Phi) is 3.10. The van der Waals surface area contributed by atoms with Crippen molar-refractivity contribution in [2.75, 3.05) is 7.05 Å². The zero-order valence-electron chi connectivity index (χ0n) is 9.64. The molecule has 1 saturated carbocycles. The Morgan fingerprint density at radius 2 is 2.41 bits per heavy atom. The number of H-pyrrole nitrogens is 1. The molecule has 6 nitrogen and oxygen atoms in total. The van der Waals surface area contributed by atoms with Gasteiger partial charge in [0, 0.05) is 7.05 Å². The highest BCUT2D eigenvalue weighted by atomic mass is 32.1. The van der Waals surface area contributed by atoms with Crippen molar-refractivity contribution >= 4 is 23.1 Å². The van der Waals surface area contributed by atoms with E-state index in [0.29, 0.717) is 17.4 Å². The fourth-order valence-electron chi connectivity index (χ4n) is 2.06. The highest BCUT2D eigenvalue weighted by Gasteiger charge is 2.48. The van der Waals surface area contributed by atoms with Gasteiger partial charge in [-0.05, 0) is 12.8 Å². The third kappa shape index (κ3) is 2.02. The summed E-state index contributed by atoms with van der Waals surface area (Å²) in [6.07, 6.45) is 3.92. The summed E-state index contributed by atoms with van der Waals surface area (Å²) < 4.78 is 0. The number of carbonyl (C=O) groups excluding carboxylic acids is 1. The Labute approximate surface area is 105 Å². The van der Waals surface area contributed by atoms with E-state index in [-0.39, 0.29) is 5.91 Å². The molecule has 0 aliphatic heterocycles. The molecule has 1 aromatic heterocycles. The highest BCUT2D eigenvalue weighted by molar-refractivity contribution is 7.80. The molecule has 1 aliphatic carbocycles. The lowest BCUT2D eigenvalue weighted by Gasteiger charge is -2.41. The van der Waals surface area contributed by atoms with E-state index in [4.69, 9.17) is 18.0 Å². The summed E-state index contributed by atoms with van der Waals surface area (Å²) in [5, 5.41) is 6.46. The first-order valence-corrected chi connectivity index (χ1v) is 5.87. The van der Waals surface area contributed by atoms with E-state index in [1.54, 1.807) is 11.9 Å². The first-order valence-electron chi connectivity index (χ1n) is 5.46. The smallest absolute Gasteiger partial charge is 0.235 e. The van der Waals surface area contributed by atoms with Gasteiger partial charge < -0.3 is 10.6 Å². The van der Waals surface area contributed by atoms with Crippen molar-refractivity contribution in [3.05, 3.63) is 12.2 Å². The largest absolute Gasteiger partial charge is 0.392 e. The van der Waals surface area contributed by atoms with Gasteiger partial charge in [0.05, 0.1) is 16.9 Å². The van der Waals surface area contributed by atoms with Crippen molar-refractivity contribution in [2.24, 2.45) is 11.1 Å². The molecule has 0 unspecified atom stereocenters. The number of rotatable bonds is 4. The van der Waals surface area contributed by atoms with Gasteiger partial charge in [0.15, 0.2) is 0 Å². The number of hydrogen-bond donors (Lipinski definition) is 2. The second kappa shape index (κ2) is 4.40. The van der Waals surface area contributed by atoms with E-state index in [0.717, 1.165) is 19.3 Å². The number of nitrogens with two attached hydrogens (primary N) is 1. The molecular formula is C10H15N5OS. The number of nitrogens with zero attached hydrogens (tertiary/aromatic N) is 3. The summed E-state index contributed by atoms with van der Waals surface area (Å²) in [5.74, 6) is 0.630. The Morgan fingerprint density at radius 3 is 2.82 bits per heavy atom. The van der Waals surface area contributed by atoms with Gasteiger partial charge >= 0.3 is 0 Å². The van der Waals surface area contributed by atoms with Gasteiger partial charge in [-0.2, -0.15) is 5.10 Å². The summed E-state index contributed by atoms with van der Waals surface area (Å²) in [5.41, 5.74) is 5.07. The van der Waals surface area contributed by atoms with Crippen molar-refractivity contribution < 1.29 is 4.79 Å². The highest BCUT2D eigenvalue weighted by Crippen LogP contribution is 2.42. The maximum absolute atomic E-state index is 12.3. The maximum Gasteiger partial charge on any atom is 0.235 e. The predicted octanol–water partition coefficient (Wildman–Crippen LogP) is 0.219. The molecule has 1 heterocycles.